The monoisotopic (exact) mass is 562 g/mol. The lowest BCUT2D eigenvalue weighted by Gasteiger charge is -2.31. The molecule has 11 heteroatoms. The first-order valence-electron chi connectivity index (χ1n) is 13.3. The van der Waals surface area contributed by atoms with Gasteiger partial charge in [-0.15, -0.1) is 6.58 Å². The van der Waals surface area contributed by atoms with Gasteiger partial charge >= 0.3 is 0 Å². The average Bonchev–Trinajstić information content (AvgIpc) is 2.90. The van der Waals surface area contributed by atoms with Gasteiger partial charge in [0, 0.05) is 46.7 Å². The first kappa shape index (κ1) is 29.2. The van der Waals surface area contributed by atoms with Gasteiger partial charge in [-0.3, -0.25) is 4.79 Å². The first-order valence-corrected chi connectivity index (χ1v) is 15.6. The summed E-state index contributed by atoms with van der Waals surface area (Å²) in [6, 6.07) is 10.0. The summed E-state index contributed by atoms with van der Waals surface area (Å²) in [7, 11) is 1.91. The summed E-state index contributed by atoms with van der Waals surface area (Å²) in [5, 5.41) is 9.24. The maximum atomic E-state index is 12.9. The molecule has 1 aliphatic rings. The molecule has 0 spiro atoms. The molecule has 3 aromatic rings. The van der Waals surface area contributed by atoms with Gasteiger partial charge < -0.3 is 20.9 Å². The molecule has 1 atom stereocenters. The van der Waals surface area contributed by atoms with Crippen molar-refractivity contribution in [3.63, 3.8) is 0 Å². The Bertz CT molecular complexity index is 1500. The van der Waals surface area contributed by atoms with Gasteiger partial charge in [-0.05, 0) is 80.7 Å². The van der Waals surface area contributed by atoms with E-state index in [2.05, 4.69) is 79.9 Å². The molecule has 0 saturated heterocycles. The number of carbonyl (C=O) groups excluding carboxylic acids is 1. The molecule has 1 aliphatic carbocycles. The number of carbonyl (C=O) groups is 1. The lowest BCUT2D eigenvalue weighted by Crippen LogP contribution is -2.34. The van der Waals surface area contributed by atoms with Crippen LogP contribution in [-0.2, 0) is 29.0 Å². The summed E-state index contributed by atoms with van der Waals surface area (Å²) in [4.78, 5) is 28.7. The number of aryl methyl sites for hydroxylation is 2. The van der Waals surface area contributed by atoms with E-state index in [0.717, 1.165) is 31.4 Å². The largest absolute Gasteiger partial charge is 0.348 e. The highest BCUT2D eigenvalue weighted by atomic mass is 32.2. The van der Waals surface area contributed by atoms with E-state index in [-0.39, 0.29) is 17.3 Å². The van der Waals surface area contributed by atoms with E-state index >= 15 is 0 Å². The minimum absolute atomic E-state index is 0.251. The van der Waals surface area contributed by atoms with Crippen molar-refractivity contribution in [3.8, 4) is 0 Å². The number of benzene rings is 1. The molecule has 0 bridgehead atoms. The molecular formula is C29H38N8O2S. The van der Waals surface area contributed by atoms with Crippen LogP contribution in [0.2, 0.25) is 0 Å². The van der Waals surface area contributed by atoms with E-state index in [0.29, 0.717) is 30.2 Å². The second-order valence-corrected chi connectivity index (χ2v) is 12.9. The van der Waals surface area contributed by atoms with Crippen LogP contribution in [0.5, 0.6) is 0 Å². The Labute approximate surface area is 236 Å². The van der Waals surface area contributed by atoms with E-state index < -0.39 is 9.73 Å². The van der Waals surface area contributed by atoms with Crippen LogP contribution >= 0.6 is 0 Å². The van der Waals surface area contributed by atoms with Gasteiger partial charge in [0.15, 0.2) is 5.82 Å². The SMILES string of the molecule is C=CCNC(=O)c1cnc(Nc2cc(CC)c3c(c2)CCC(N(C)C)C3)nc1Nc1cccc(N=S(C)(C)=O)n1. The van der Waals surface area contributed by atoms with Crippen molar-refractivity contribution in [2.24, 2.45) is 4.36 Å². The van der Waals surface area contributed by atoms with Gasteiger partial charge in [0.1, 0.15) is 17.2 Å². The number of nitrogens with zero attached hydrogens (tertiary/aromatic N) is 5. The lowest BCUT2D eigenvalue weighted by molar-refractivity contribution is 0.0958. The van der Waals surface area contributed by atoms with Crippen molar-refractivity contribution in [2.45, 2.75) is 38.6 Å². The molecule has 0 radical (unpaired) electrons. The summed E-state index contributed by atoms with van der Waals surface area (Å²) in [6.45, 7) is 6.13. The number of likely N-dealkylation sites (N-methyl/N-ethyl adjacent to an activating group) is 1. The maximum absolute atomic E-state index is 12.9. The molecule has 0 fully saturated rings. The van der Waals surface area contributed by atoms with E-state index in [4.69, 9.17) is 0 Å². The van der Waals surface area contributed by atoms with Gasteiger partial charge in [0.2, 0.25) is 5.95 Å². The first-order chi connectivity index (χ1) is 19.1. The number of nitrogens with one attached hydrogen (secondary N) is 3. The topological polar surface area (TPSA) is 125 Å². The molecule has 1 unspecified atom stereocenters. The predicted molar refractivity (Wildman–Crippen MR) is 163 cm³/mol. The Kier molecular flexibility index (Phi) is 9.16. The third-order valence-corrected chi connectivity index (χ3v) is 7.35. The number of hydrogen-bond acceptors (Lipinski definition) is 9. The summed E-state index contributed by atoms with van der Waals surface area (Å²) in [5.41, 5.74) is 5.27. The van der Waals surface area contributed by atoms with E-state index in [1.807, 2.05) is 0 Å². The fourth-order valence-corrected chi connectivity index (χ4v) is 5.31. The van der Waals surface area contributed by atoms with Crippen molar-refractivity contribution in [1.29, 1.82) is 0 Å². The van der Waals surface area contributed by atoms with Crippen LogP contribution in [0.15, 0.2) is 53.5 Å². The number of amides is 1. The Morgan fingerprint density at radius 3 is 2.73 bits per heavy atom. The van der Waals surface area contributed by atoms with E-state index in [1.165, 1.54) is 22.9 Å². The van der Waals surface area contributed by atoms with Crippen molar-refractivity contribution >= 4 is 44.7 Å². The molecule has 2 aromatic heterocycles. The smallest absolute Gasteiger partial charge is 0.256 e. The molecule has 212 valence electrons. The van der Waals surface area contributed by atoms with E-state index in [9.17, 15) is 9.00 Å². The quantitative estimate of drug-likeness (QED) is 0.306. The van der Waals surface area contributed by atoms with Crippen LogP contribution in [0.4, 0.5) is 29.1 Å². The molecule has 1 amide bonds. The van der Waals surface area contributed by atoms with Crippen LogP contribution in [0.25, 0.3) is 0 Å². The van der Waals surface area contributed by atoms with Crippen molar-refractivity contribution < 1.29 is 9.00 Å². The Morgan fingerprint density at radius 2 is 2.02 bits per heavy atom. The summed E-state index contributed by atoms with van der Waals surface area (Å²) in [6.07, 6.45) is 10.3. The van der Waals surface area contributed by atoms with Crippen LogP contribution in [0.3, 0.4) is 0 Å². The number of hydrogen-bond donors (Lipinski definition) is 3. The molecule has 2 heterocycles. The lowest BCUT2D eigenvalue weighted by atomic mass is 9.84. The predicted octanol–water partition coefficient (Wildman–Crippen LogP) is 4.62. The molecule has 10 nitrogen and oxygen atoms in total. The summed E-state index contributed by atoms with van der Waals surface area (Å²) in [5.74, 6) is 1.00. The van der Waals surface area contributed by atoms with Gasteiger partial charge in [-0.2, -0.15) is 9.35 Å². The summed E-state index contributed by atoms with van der Waals surface area (Å²) < 4.78 is 16.3. The zero-order valence-corrected chi connectivity index (χ0v) is 24.6. The third-order valence-electron chi connectivity index (χ3n) is 6.72. The molecule has 40 heavy (non-hydrogen) atoms. The standard InChI is InChI=1S/C29H38N8O2S/c1-7-14-30-28(38)24-18-31-29(35-27(24)34-25-10-9-11-26(33-25)36-40(5,6)39)32-21-15-19(8-2)23-17-22(37(3)4)13-12-20(23)16-21/h7,9-11,15-16,18,22H,1,8,12-14,17H2,2-6H3,(H,30,38)(H2,31,32,33,34,35). The summed E-state index contributed by atoms with van der Waals surface area (Å²) >= 11 is 0. The normalized spacial score (nSPS) is 14.8. The minimum Gasteiger partial charge on any atom is -0.348 e. The Hall–Kier alpha value is -3.83. The molecule has 3 N–H and O–H groups in total. The molecule has 4 rings (SSSR count). The van der Waals surface area contributed by atoms with Gasteiger partial charge in [-0.25, -0.2) is 14.2 Å². The minimum atomic E-state index is -2.39. The number of anilines is 4. The molecule has 0 saturated carbocycles. The highest BCUT2D eigenvalue weighted by Crippen LogP contribution is 2.31. The highest BCUT2D eigenvalue weighted by Gasteiger charge is 2.23. The Morgan fingerprint density at radius 1 is 1.23 bits per heavy atom. The molecular weight excluding hydrogens is 524 g/mol. The van der Waals surface area contributed by atoms with Crippen LogP contribution in [-0.4, -0.2) is 69.2 Å². The maximum Gasteiger partial charge on any atom is 0.256 e. The fourth-order valence-electron chi connectivity index (χ4n) is 4.75. The average molecular weight is 563 g/mol. The number of rotatable bonds is 10. The van der Waals surface area contributed by atoms with Gasteiger partial charge in [0.05, 0.1) is 0 Å². The molecule has 0 aliphatic heterocycles. The highest BCUT2D eigenvalue weighted by molar-refractivity contribution is 7.92. The fraction of sp³-hybridized carbons (Fsp3) is 0.379. The van der Waals surface area contributed by atoms with Gasteiger partial charge in [0.25, 0.3) is 5.91 Å². The number of fused-ring (bicyclic) bond motifs is 1. The number of aromatic nitrogens is 3. The second kappa shape index (κ2) is 12.6. The van der Waals surface area contributed by atoms with Crippen LogP contribution in [0.1, 0.15) is 40.4 Å². The third kappa shape index (κ3) is 7.42. The van der Waals surface area contributed by atoms with Gasteiger partial charge in [-0.1, -0.05) is 19.1 Å². The van der Waals surface area contributed by atoms with E-state index in [1.54, 1.807) is 36.8 Å². The van der Waals surface area contributed by atoms with Crippen LogP contribution in [0, 0.1) is 0 Å². The Balaban J connectivity index is 1.67. The number of pyridine rings is 1. The molecule has 1 aromatic carbocycles. The van der Waals surface area contributed by atoms with Crippen molar-refractivity contribution in [2.75, 3.05) is 43.8 Å². The van der Waals surface area contributed by atoms with Crippen molar-refractivity contribution in [1.82, 2.24) is 25.2 Å². The zero-order chi connectivity index (χ0) is 28.9. The zero-order valence-electron chi connectivity index (χ0n) is 23.8. The second-order valence-electron chi connectivity index (χ2n) is 10.3. The van der Waals surface area contributed by atoms with Crippen molar-refractivity contribution in [3.05, 3.63) is 71.4 Å². The van der Waals surface area contributed by atoms with Crippen LogP contribution < -0.4 is 16.0 Å².